The molecular formula is C9H18N2O2. The first-order valence-corrected chi connectivity index (χ1v) is 4.28. The lowest BCUT2D eigenvalue weighted by atomic mass is 10.1. The third kappa shape index (κ3) is 6.28. The molecule has 0 bridgehead atoms. The maximum Gasteiger partial charge on any atom is 0.352 e. The van der Waals surface area contributed by atoms with Crippen LogP contribution in [0.2, 0.25) is 0 Å². The molecule has 0 saturated carbocycles. The Morgan fingerprint density at radius 3 is 2.31 bits per heavy atom. The minimum Gasteiger partial charge on any atom is -0.456 e. The van der Waals surface area contributed by atoms with Gasteiger partial charge in [0.15, 0.2) is 0 Å². The molecule has 0 aliphatic rings. The molecule has 1 atom stereocenters. The summed E-state index contributed by atoms with van der Waals surface area (Å²) in [6, 6.07) is -0.181. The number of nitrogens with one attached hydrogen (secondary N) is 1. The van der Waals surface area contributed by atoms with E-state index in [9.17, 15) is 4.79 Å². The van der Waals surface area contributed by atoms with Crippen LogP contribution in [-0.4, -0.2) is 23.3 Å². The lowest BCUT2D eigenvalue weighted by molar-refractivity contribution is -0.146. The zero-order valence-electron chi connectivity index (χ0n) is 8.68. The van der Waals surface area contributed by atoms with Crippen molar-refractivity contribution in [2.75, 3.05) is 0 Å². The molecule has 13 heavy (non-hydrogen) atoms. The van der Waals surface area contributed by atoms with Crippen molar-refractivity contribution < 1.29 is 9.53 Å². The van der Waals surface area contributed by atoms with Gasteiger partial charge >= 0.3 is 5.97 Å². The van der Waals surface area contributed by atoms with Gasteiger partial charge in [0.1, 0.15) is 11.3 Å². The van der Waals surface area contributed by atoms with E-state index in [1.807, 2.05) is 0 Å². The van der Waals surface area contributed by atoms with Gasteiger partial charge in [-0.1, -0.05) is 0 Å². The number of carbonyl (C=O) groups is 1. The van der Waals surface area contributed by atoms with Crippen molar-refractivity contribution in [3.05, 3.63) is 0 Å². The van der Waals surface area contributed by atoms with Gasteiger partial charge in [-0.15, -0.1) is 0 Å². The summed E-state index contributed by atoms with van der Waals surface area (Å²) >= 11 is 0. The molecule has 0 aromatic heterocycles. The fraction of sp³-hybridized carbons (Fsp3) is 0.778. The van der Waals surface area contributed by atoms with E-state index in [0.29, 0.717) is 0 Å². The van der Waals surface area contributed by atoms with Crippen LogP contribution < -0.4 is 5.73 Å². The van der Waals surface area contributed by atoms with Gasteiger partial charge in [-0.2, -0.15) is 0 Å². The molecule has 0 amide bonds. The highest BCUT2D eigenvalue weighted by molar-refractivity contribution is 6.35. The Kier molecular flexibility index (Phi) is 4.07. The Morgan fingerprint density at radius 2 is 2.00 bits per heavy atom. The van der Waals surface area contributed by atoms with E-state index in [2.05, 4.69) is 0 Å². The summed E-state index contributed by atoms with van der Waals surface area (Å²) in [5, 5.41) is 7.35. The summed E-state index contributed by atoms with van der Waals surface area (Å²) in [4.78, 5) is 11.2. The van der Waals surface area contributed by atoms with Crippen molar-refractivity contribution in [1.29, 1.82) is 5.41 Å². The number of esters is 1. The molecule has 0 spiro atoms. The molecule has 0 fully saturated rings. The number of rotatable bonds is 3. The zero-order valence-corrected chi connectivity index (χ0v) is 8.68. The van der Waals surface area contributed by atoms with Crippen LogP contribution in [0.15, 0.2) is 0 Å². The van der Waals surface area contributed by atoms with Crippen LogP contribution in [-0.2, 0) is 9.53 Å². The predicted molar refractivity (Wildman–Crippen MR) is 51.8 cm³/mol. The van der Waals surface area contributed by atoms with E-state index < -0.39 is 11.6 Å². The molecule has 0 aromatic rings. The number of hydrogen-bond donors (Lipinski definition) is 2. The van der Waals surface area contributed by atoms with Crippen LogP contribution >= 0.6 is 0 Å². The standard InChI is InChI=1S/C9H18N2O2/c1-6(10)5-7(11)8(12)13-9(2,3)4/h6,11H,5,10H2,1-4H3/t6-/m1/s1. The topological polar surface area (TPSA) is 76.2 Å². The minimum absolute atomic E-state index is 0.0649. The van der Waals surface area contributed by atoms with Crippen molar-refractivity contribution in [2.24, 2.45) is 5.73 Å². The van der Waals surface area contributed by atoms with Gasteiger partial charge in [0, 0.05) is 12.5 Å². The monoisotopic (exact) mass is 186 g/mol. The maximum atomic E-state index is 11.2. The molecule has 0 aromatic carbocycles. The smallest absolute Gasteiger partial charge is 0.352 e. The number of nitrogens with two attached hydrogens (primary N) is 1. The summed E-state index contributed by atoms with van der Waals surface area (Å²) in [5.74, 6) is -0.579. The predicted octanol–water partition coefficient (Wildman–Crippen LogP) is 1.09. The summed E-state index contributed by atoms with van der Waals surface area (Å²) in [6.45, 7) is 7.05. The Labute approximate surface area is 79.0 Å². The van der Waals surface area contributed by atoms with Crippen LogP contribution in [0.3, 0.4) is 0 Å². The van der Waals surface area contributed by atoms with E-state index in [0.717, 1.165) is 0 Å². The fourth-order valence-electron chi connectivity index (χ4n) is 0.745. The third-order valence-corrected chi connectivity index (χ3v) is 1.17. The van der Waals surface area contributed by atoms with Gasteiger partial charge in [-0.25, -0.2) is 4.79 Å². The van der Waals surface area contributed by atoms with Gasteiger partial charge in [0.05, 0.1) is 0 Å². The fourth-order valence-corrected chi connectivity index (χ4v) is 0.745. The van der Waals surface area contributed by atoms with Gasteiger partial charge in [-0.05, 0) is 27.7 Å². The second kappa shape index (κ2) is 4.37. The van der Waals surface area contributed by atoms with Crippen LogP contribution in [0, 0.1) is 5.41 Å². The van der Waals surface area contributed by atoms with Crippen LogP contribution in [0.1, 0.15) is 34.1 Å². The molecule has 0 aliphatic heterocycles. The molecule has 4 nitrogen and oxygen atoms in total. The SMILES string of the molecule is C[C@@H](N)CC(=N)C(=O)OC(C)(C)C. The van der Waals surface area contributed by atoms with Gasteiger partial charge in [-0.3, -0.25) is 5.41 Å². The van der Waals surface area contributed by atoms with Crippen LogP contribution in [0.4, 0.5) is 0 Å². The van der Waals surface area contributed by atoms with Gasteiger partial charge < -0.3 is 10.5 Å². The molecule has 0 unspecified atom stereocenters. The van der Waals surface area contributed by atoms with Gasteiger partial charge in [0.2, 0.25) is 0 Å². The number of ether oxygens (including phenoxy) is 1. The summed E-state index contributed by atoms with van der Waals surface area (Å²) in [5.41, 5.74) is 4.84. The summed E-state index contributed by atoms with van der Waals surface area (Å²) < 4.78 is 4.98. The summed E-state index contributed by atoms with van der Waals surface area (Å²) in [7, 11) is 0. The number of hydrogen-bond acceptors (Lipinski definition) is 4. The van der Waals surface area contributed by atoms with Crippen molar-refractivity contribution in [3.8, 4) is 0 Å². The van der Waals surface area contributed by atoms with Crippen LogP contribution in [0.5, 0.6) is 0 Å². The minimum atomic E-state index is -0.579. The Bertz CT molecular complexity index is 204. The molecule has 0 heterocycles. The molecule has 4 heteroatoms. The van der Waals surface area contributed by atoms with Crippen LogP contribution in [0.25, 0.3) is 0 Å². The van der Waals surface area contributed by atoms with Gasteiger partial charge in [0.25, 0.3) is 0 Å². The second-order valence-corrected chi connectivity index (χ2v) is 4.16. The normalized spacial score (nSPS) is 13.6. The van der Waals surface area contributed by atoms with E-state index in [4.69, 9.17) is 15.9 Å². The van der Waals surface area contributed by atoms with E-state index in [1.54, 1.807) is 27.7 Å². The first-order chi connectivity index (χ1) is 5.72. The van der Waals surface area contributed by atoms with E-state index in [1.165, 1.54) is 0 Å². The lowest BCUT2D eigenvalue weighted by Gasteiger charge is -2.19. The van der Waals surface area contributed by atoms with Crippen molar-refractivity contribution in [2.45, 2.75) is 45.8 Å². The molecule has 3 N–H and O–H groups in total. The molecule has 0 radical (unpaired) electrons. The Balaban J connectivity index is 4.06. The Hall–Kier alpha value is -0.900. The van der Waals surface area contributed by atoms with Crippen molar-refractivity contribution >= 4 is 11.7 Å². The third-order valence-electron chi connectivity index (χ3n) is 1.17. The molecular weight excluding hydrogens is 168 g/mol. The highest BCUT2D eigenvalue weighted by atomic mass is 16.6. The molecule has 76 valence electrons. The first kappa shape index (κ1) is 12.1. The average molecular weight is 186 g/mol. The quantitative estimate of drug-likeness (QED) is 0.511. The Morgan fingerprint density at radius 1 is 1.54 bits per heavy atom. The maximum absolute atomic E-state index is 11.2. The highest BCUT2D eigenvalue weighted by Crippen LogP contribution is 2.08. The zero-order chi connectivity index (χ0) is 10.6. The first-order valence-electron chi connectivity index (χ1n) is 4.28. The molecule has 0 aliphatic carbocycles. The molecule has 0 saturated heterocycles. The number of carbonyl (C=O) groups excluding carboxylic acids is 1. The highest BCUT2D eigenvalue weighted by Gasteiger charge is 2.20. The molecule has 0 rings (SSSR count). The van der Waals surface area contributed by atoms with Crippen molar-refractivity contribution in [3.63, 3.8) is 0 Å². The second-order valence-electron chi connectivity index (χ2n) is 4.16. The van der Waals surface area contributed by atoms with E-state index >= 15 is 0 Å². The van der Waals surface area contributed by atoms with E-state index in [-0.39, 0.29) is 18.2 Å². The lowest BCUT2D eigenvalue weighted by Crippen LogP contribution is -2.31. The van der Waals surface area contributed by atoms with Crippen molar-refractivity contribution in [1.82, 2.24) is 0 Å². The average Bonchev–Trinajstić information content (AvgIpc) is 1.81. The summed E-state index contributed by atoms with van der Waals surface area (Å²) in [6.07, 6.45) is 0.259. The largest absolute Gasteiger partial charge is 0.456 e.